The lowest BCUT2D eigenvalue weighted by atomic mass is 9.99. The molecule has 0 bridgehead atoms. The van der Waals surface area contributed by atoms with E-state index in [9.17, 15) is 9.59 Å². The van der Waals surface area contributed by atoms with Crippen molar-refractivity contribution < 1.29 is 9.59 Å². The Bertz CT molecular complexity index is 525. The molecule has 4 nitrogen and oxygen atoms in total. The molecule has 102 valence electrons. The number of nitrogens with zero attached hydrogens (tertiary/aromatic N) is 1. The molecule has 2 rings (SSSR count). The third-order valence-corrected chi connectivity index (χ3v) is 3.86. The Hall–Kier alpha value is -1.84. The van der Waals surface area contributed by atoms with Gasteiger partial charge in [-0.3, -0.25) is 14.5 Å². The number of fused-ring (bicyclic) bond motifs is 1. The zero-order valence-electron chi connectivity index (χ0n) is 11.6. The Morgan fingerprint density at radius 3 is 2.47 bits per heavy atom. The van der Waals surface area contributed by atoms with Crippen molar-refractivity contribution in [2.75, 3.05) is 5.73 Å². The molecule has 0 saturated carbocycles. The average molecular weight is 260 g/mol. The van der Waals surface area contributed by atoms with Crippen LogP contribution >= 0.6 is 0 Å². The number of amides is 2. The zero-order chi connectivity index (χ0) is 14.2. The van der Waals surface area contributed by atoms with E-state index in [2.05, 4.69) is 13.8 Å². The molecule has 0 radical (unpaired) electrons. The molecular weight excluding hydrogens is 240 g/mol. The van der Waals surface area contributed by atoms with Crippen LogP contribution in [0.5, 0.6) is 0 Å². The molecular formula is C15H20N2O2. The number of carbonyl (C=O) groups is 2. The van der Waals surface area contributed by atoms with Crippen LogP contribution in [0.25, 0.3) is 0 Å². The van der Waals surface area contributed by atoms with Gasteiger partial charge in [0.1, 0.15) is 0 Å². The SMILES string of the molecule is CCC(C)CC(C)N1C(=O)c2cccc(N)c2C1=O. The fourth-order valence-electron chi connectivity index (χ4n) is 2.58. The van der Waals surface area contributed by atoms with E-state index in [-0.39, 0.29) is 17.9 Å². The second kappa shape index (κ2) is 5.03. The molecule has 2 atom stereocenters. The number of hydrogen-bond donors (Lipinski definition) is 1. The highest BCUT2D eigenvalue weighted by Crippen LogP contribution is 2.30. The van der Waals surface area contributed by atoms with Gasteiger partial charge >= 0.3 is 0 Å². The predicted molar refractivity (Wildman–Crippen MR) is 74.9 cm³/mol. The lowest BCUT2D eigenvalue weighted by Crippen LogP contribution is -2.38. The van der Waals surface area contributed by atoms with Gasteiger partial charge in [-0.1, -0.05) is 26.3 Å². The molecule has 1 aromatic carbocycles. The second-order valence-corrected chi connectivity index (χ2v) is 5.35. The number of benzene rings is 1. The number of rotatable bonds is 4. The number of imide groups is 1. The topological polar surface area (TPSA) is 63.4 Å². The molecule has 0 aromatic heterocycles. The third-order valence-electron chi connectivity index (χ3n) is 3.86. The first-order chi connectivity index (χ1) is 8.97. The summed E-state index contributed by atoms with van der Waals surface area (Å²) in [4.78, 5) is 26.0. The molecule has 2 amide bonds. The van der Waals surface area contributed by atoms with Crippen molar-refractivity contribution in [2.24, 2.45) is 5.92 Å². The van der Waals surface area contributed by atoms with Gasteiger partial charge in [0.25, 0.3) is 11.8 Å². The molecule has 0 aliphatic carbocycles. The highest BCUT2D eigenvalue weighted by atomic mass is 16.2. The molecule has 4 heteroatoms. The summed E-state index contributed by atoms with van der Waals surface area (Å²) in [5.74, 6) is 0.00802. The Morgan fingerprint density at radius 1 is 1.21 bits per heavy atom. The molecule has 2 unspecified atom stereocenters. The second-order valence-electron chi connectivity index (χ2n) is 5.35. The van der Waals surface area contributed by atoms with Gasteiger partial charge < -0.3 is 5.73 Å². The van der Waals surface area contributed by atoms with E-state index in [1.807, 2.05) is 6.92 Å². The third kappa shape index (κ3) is 2.23. The van der Waals surface area contributed by atoms with E-state index >= 15 is 0 Å². The van der Waals surface area contributed by atoms with Crippen LogP contribution in [0.15, 0.2) is 18.2 Å². The summed E-state index contributed by atoms with van der Waals surface area (Å²) in [7, 11) is 0. The molecule has 2 N–H and O–H groups in total. The van der Waals surface area contributed by atoms with Crippen LogP contribution in [-0.2, 0) is 0 Å². The fraction of sp³-hybridized carbons (Fsp3) is 0.467. The van der Waals surface area contributed by atoms with Gasteiger partial charge in [-0.2, -0.15) is 0 Å². The minimum Gasteiger partial charge on any atom is -0.398 e. The summed E-state index contributed by atoms with van der Waals surface area (Å²) in [5, 5.41) is 0. The van der Waals surface area contributed by atoms with Crippen molar-refractivity contribution in [3.63, 3.8) is 0 Å². The average Bonchev–Trinajstić information content (AvgIpc) is 2.62. The maximum Gasteiger partial charge on any atom is 0.263 e. The quantitative estimate of drug-likeness (QED) is 0.668. The van der Waals surface area contributed by atoms with Gasteiger partial charge in [-0.25, -0.2) is 0 Å². The Kier molecular flexibility index (Phi) is 3.60. The first kappa shape index (κ1) is 13.6. The van der Waals surface area contributed by atoms with Gasteiger partial charge in [-0.15, -0.1) is 0 Å². The minimum absolute atomic E-state index is 0.0956. The van der Waals surface area contributed by atoms with Gasteiger partial charge in [0.05, 0.1) is 11.1 Å². The smallest absolute Gasteiger partial charge is 0.263 e. The van der Waals surface area contributed by atoms with Crippen LogP contribution in [-0.4, -0.2) is 22.8 Å². The maximum absolute atomic E-state index is 12.4. The van der Waals surface area contributed by atoms with Crippen LogP contribution in [0.3, 0.4) is 0 Å². The first-order valence-electron chi connectivity index (χ1n) is 6.73. The molecule has 0 fully saturated rings. The van der Waals surface area contributed by atoms with E-state index in [4.69, 9.17) is 5.73 Å². The first-order valence-corrected chi connectivity index (χ1v) is 6.73. The summed E-state index contributed by atoms with van der Waals surface area (Å²) >= 11 is 0. The normalized spacial score (nSPS) is 17.5. The van der Waals surface area contributed by atoms with Gasteiger partial charge in [-0.05, 0) is 31.4 Å². The molecule has 1 aliphatic rings. The van der Waals surface area contributed by atoms with Crippen molar-refractivity contribution in [1.29, 1.82) is 0 Å². The van der Waals surface area contributed by atoms with Crippen LogP contribution in [0.4, 0.5) is 5.69 Å². The van der Waals surface area contributed by atoms with E-state index in [1.54, 1.807) is 18.2 Å². The predicted octanol–water partition coefficient (Wildman–Crippen LogP) is 2.69. The lowest BCUT2D eigenvalue weighted by Gasteiger charge is -2.24. The Labute approximate surface area is 113 Å². The number of nitrogens with two attached hydrogens (primary N) is 1. The zero-order valence-corrected chi connectivity index (χ0v) is 11.6. The van der Waals surface area contributed by atoms with Crippen LogP contribution in [0.2, 0.25) is 0 Å². The van der Waals surface area contributed by atoms with Gasteiger partial charge in [0.15, 0.2) is 0 Å². The summed E-state index contributed by atoms with van der Waals surface area (Å²) in [6, 6.07) is 4.94. The molecule has 0 spiro atoms. The van der Waals surface area contributed by atoms with Crippen molar-refractivity contribution in [1.82, 2.24) is 4.90 Å². The fourth-order valence-corrected chi connectivity index (χ4v) is 2.58. The Balaban J connectivity index is 2.30. The highest BCUT2D eigenvalue weighted by molar-refractivity contribution is 6.23. The summed E-state index contributed by atoms with van der Waals surface area (Å²) in [6.07, 6.45) is 1.86. The van der Waals surface area contributed by atoms with E-state index in [0.717, 1.165) is 12.8 Å². The number of hydrogen-bond acceptors (Lipinski definition) is 3. The Morgan fingerprint density at radius 2 is 1.89 bits per heavy atom. The van der Waals surface area contributed by atoms with Gasteiger partial charge in [0.2, 0.25) is 0 Å². The van der Waals surface area contributed by atoms with Crippen LogP contribution < -0.4 is 5.73 Å². The molecule has 1 aliphatic heterocycles. The van der Waals surface area contributed by atoms with E-state index in [1.165, 1.54) is 4.90 Å². The summed E-state index contributed by atoms with van der Waals surface area (Å²) < 4.78 is 0. The number of anilines is 1. The molecule has 1 aromatic rings. The number of nitrogen functional groups attached to an aromatic ring is 1. The van der Waals surface area contributed by atoms with Crippen molar-refractivity contribution in [3.8, 4) is 0 Å². The van der Waals surface area contributed by atoms with E-state index < -0.39 is 0 Å². The largest absolute Gasteiger partial charge is 0.398 e. The number of carbonyl (C=O) groups excluding carboxylic acids is 2. The van der Waals surface area contributed by atoms with Crippen molar-refractivity contribution in [2.45, 2.75) is 39.7 Å². The molecule has 1 heterocycles. The summed E-state index contributed by atoms with van der Waals surface area (Å²) in [5.41, 5.74) is 6.99. The molecule has 19 heavy (non-hydrogen) atoms. The van der Waals surface area contributed by atoms with E-state index in [0.29, 0.717) is 22.7 Å². The summed E-state index contributed by atoms with van der Waals surface area (Å²) in [6.45, 7) is 6.16. The highest BCUT2D eigenvalue weighted by Gasteiger charge is 2.39. The molecule has 0 saturated heterocycles. The van der Waals surface area contributed by atoms with Crippen LogP contribution in [0.1, 0.15) is 54.3 Å². The maximum atomic E-state index is 12.4. The monoisotopic (exact) mass is 260 g/mol. The van der Waals surface area contributed by atoms with Crippen molar-refractivity contribution in [3.05, 3.63) is 29.3 Å². The van der Waals surface area contributed by atoms with Crippen molar-refractivity contribution >= 4 is 17.5 Å². The van der Waals surface area contributed by atoms with Crippen LogP contribution in [0, 0.1) is 5.92 Å². The lowest BCUT2D eigenvalue weighted by molar-refractivity contribution is 0.0579. The minimum atomic E-state index is -0.256. The standard InChI is InChI=1S/C15H20N2O2/c1-4-9(2)8-10(3)17-14(18)11-6-5-7-12(16)13(11)15(17)19/h5-7,9-10H,4,8,16H2,1-3H3. The van der Waals surface area contributed by atoms with Gasteiger partial charge in [0, 0.05) is 11.7 Å².